The molecule has 0 aromatic heterocycles. The van der Waals surface area contributed by atoms with Gasteiger partial charge in [-0.3, -0.25) is 9.59 Å². The number of nitrogens with zero attached hydrogens (tertiary/aromatic N) is 3. The zero-order valence-corrected chi connectivity index (χ0v) is 22.2. The summed E-state index contributed by atoms with van der Waals surface area (Å²) in [7, 11) is 3.70. The molecule has 0 saturated carbocycles. The summed E-state index contributed by atoms with van der Waals surface area (Å²) in [6.07, 6.45) is -3.81. The summed E-state index contributed by atoms with van der Waals surface area (Å²) >= 11 is 0. The molecule has 0 spiro atoms. The second kappa shape index (κ2) is 12.3. The Labute approximate surface area is 227 Å². The molecule has 0 aliphatic carbocycles. The van der Waals surface area contributed by atoms with Crippen molar-refractivity contribution in [1.82, 2.24) is 14.7 Å². The summed E-state index contributed by atoms with van der Waals surface area (Å²) in [5.74, 6) is -0.357. The van der Waals surface area contributed by atoms with Crippen LogP contribution in [0.3, 0.4) is 0 Å². The Bertz CT molecular complexity index is 1290. The van der Waals surface area contributed by atoms with Crippen molar-refractivity contribution in [2.75, 3.05) is 45.6 Å². The van der Waals surface area contributed by atoms with Crippen molar-refractivity contribution in [3.05, 3.63) is 101 Å². The molecule has 6 nitrogen and oxygen atoms in total. The van der Waals surface area contributed by atoms with Gasteiger partial charge < -0.3 is 20.0 Å². The van der Waals surface area contributed by atoms with E-state index in [1.165, 1.54) is 17.0 Å². The highest BCUT2D eigenvalue weighted by molar-refractivity contribution is 5.94. The van der Waals surface area contributed by atoms with Gasteiger partial charge in [0.25, 0.3) is 5.91 Å². The zero-order chi connectivity index (χ0) is 28.0. The summed E-state index contributed by atoms with van der Waals surface area (Å²) in [6, 6.07) is 20.3. The molecule has 9 heteroatoms. The average molecular weight is 539 g/mol. The number of rotatable bonds is 9. The number of hydrogen-bond donors (Lipinski definition) is 1. The number of carbonyl (C=O) groups is 2. The molecule has 3 aromatic rings. The third-order valence-corrected chi connectivity index (χ3v) is 6.86. The number of fused-ring (bicyclic) bond motifs is 1. The number of benzene rings is 3. The van der Waals surface area contributed by atoms with Crippen LogP contribution in [-0.4, -0.2) is 66.8 Å². The predicted octanol–water partition coefficient (Wildman–Crippen LogP) is 4.91. The molecule has 0 saturated heterocycles. The lowest BCUT2D eigenvalue weighted by Crippen LogP contribution is -2.40. The van der Waals surface area contributed by atoms with Crippen molar-refractivity contribution < 1.29 is 22.8 Å². The summed E-state index contributed by atoms with van der Waals surface area (Å²) < 4.78 is 40.8. The normalized spacial score (nSPS) is 13.2. The van der Waals surface area contributed by atoms with Gasteiger partial charge in [0.15, 0.2) is 0 Å². The maximum atomic E-state index is 13.6. The zero-order valence-electron chi connectivity index (χ0n) is 22.2. The van der Waals surface area contributed by atoms with Crippen LogP contribution in [0.25, 0.3) is 0 Å². The summed E-state index contributed by atoms with van der Waals surface area (Å²) in [4.78, 5) is 31.5. The van der Waals surface area contributed by atoms with Gasteiger partial charge in [0.1, 0.15) is 0 Å². The molecule has 0 radical (unpaired) electrons. The molecule has 2 amide bonds. The van der Waals surface area contributed by atoms with Crippen LogP contribution < -0.4 is 5.32 Å². The molecular weight excluding hydrogens is 505 g/mol. The Kier molecular flexibility index (Phi) is 8.91. The predicted molar refractivity (Wildman–Crippen MR) is 145 cm³/mol. The van der Waals surface area contributed by atoms with Gasteiger partial charge in [0.2, 0.25) is 5.91 Å². The van der Waals surface area contributed by atoms with E-state index in [9.17, 15) is 22.8 Å². The van der Waals surface area contributed by atoms with Gasteiger partial charge in [-0.25, -0.2) is 0 Å². The molecule has 3 aromatic carbocycles. The Morgan fingerprint density at radius 2 is 1.64 bits per heavy atom. The van der Waals surface area contributed by atoms with Crippen molar-refractivity contribution >= 4 is 17.5 Å². The number of amides is 2. The molecule has 0 fully saturated rings. The molecule has 39 heavy (non-hydrogen) atoms. The number of nitrogens with one attached hydrogen (secondary N) is 1. The molecule has 1 heterocycles. The lowest BCUT2D eigenvalue weighted by Gasteiger charge is -2.31. The van der Waals surface area contributed by atoms with Gasteiger partial charge in [-0.1, -0.05) is 48.5 Å². The smallest absolute Gasteiger partial charge is 0.376 e. The maximum Gasteiger partial charge on any atom is 0.416 e. The summed E-state index contributed by atoms with van der Waals surface area (Å²) in [5.41, 5.74) is 2.74. The quantitative estimate of drug-likeness (QED) is 0.421. The molecule has 0 unspecified atom stereocenters. The minimum atomic E-state index is -4.50. The van der Waals surface area contributed by atoms with Crippen molar-refractivity contribution in [3.8, 4) is 0 Å². The SMILES string of the molecule is CN(C)CCN(Cc1ccccc1C(F)(F)F)C(=O)CNc1cccc2c1CN(C(=O)c1ccccc1)CC2. The second-order valence-electron chi connectivity index (χ2n) is 9.91. The highest BCUT2D eigenvalue weighted by Crippen LogP contribution is 2.32. The van der Waals surface area contributed by atoms with Crippen LogP contribution in [0.5, 0.6) is 0 Å². The number of carbonyl (C=O) groups excluding carboxylic acids is 2. The highest BCUT2D eigenvalue weighted by atomic mass is 19.4. The van der Waals surface area contributed by atoms with Crippen LogP contribution >= 0.6 is 0 Å². The number of anilines is 1. The highest BCUT2D eigenvalue weighted by Gasteiger charge is 2.33. The van der Waals surface area contributed by atoms with Crippen molar-refractivity contribution in [2.45, 2.75) is 25.7 Å². The van der Waals surface area contributed by atoms with E-state index >= 15 is 0 Å². The van der Waals surface area contributed by atoms with Crippen LogP contribution in [0.1, 0.15) is 32.6 Å². The lowest BCUT2D eigenvalue weighted by molar-refractivity contribution is -0.139. The molecule has 4 rings (SSSR count). The number of hydrogen-bond acceptors (Lipinski definition) is 4. The van der Waals surface area contributed by atoms with E-state index in [0.29, 0.717) is 31.6 Å². The van der Waals surface area contributed by atoms with Gasteiger partial charge in [-0.2, -0.15) is 13.2 Å². The van der Waals surface area contributed by atoms with Crippen LogP contribution in [0, 0.1) is 0 Å². The first-order valence-electron chi connectivity index (χ1n) is 12.9. The molecule has 1 N–H and O–H groups in total. The van der Waals surface area contributed by atoms with Gasteiger partial charge in [-0.15, -0.1) is 0 Å². The maximum absolute atomic E-state index is 13.6. The largest absolute Gasteiger partial charge is 0.416 e. The minimum absolute atomic E-state index is 0.0506. The number of likely N-dealkylation sites (N-methyl/N-ethyl adjacent to an activating group) is 1. The molecular formula is C30H33F3N4O2. The third kappa shape index (κ3) is 7.17. The van der Waals surface area contributed by atoms with E-state index in [1.54, 1.807) is 23.1 Å². The van der Waals surface area contributed by atoms with E-state index in [2.05, 4.69) is 5.32 Å². The summed E-state index contributed by atoms with van der Waals surface area (Å²) in [5, 5.41) is 3.21. The Balaban J connectivity index is 1.49. The van der Waals surface area contributed by atoms with Gasteiger partial charge in [0, 0.05) is 44.0 Å². The third-order valence-electron chi connectivity index (χ3n) is 6.86. The molecule has 206 valence electrons. The molecule has 0 atom stereocenters. The standard InChI is InChI=1S/C30H33F3N4O2/c1-35(2)17-18-36(20-24-11-6-7-13-26(24)30(31,32)33)28(38)19-34-27-14-8-12-22-15-16-37(21-25(22)27)29(39)23-9-4-3-5-10-23/h3-14,34H,15-21H2,1-2H3. The minimum Gasteiger partial charge on any atom is -0.376 e. The fraction of sp³-hybridized carbons (Fsp3) is 0.333. The van der Waals surface area contributed by atoms with Gasteiger partial charge in [-0.05, 0) is 61.5 Å². The molecule has 1 aliphatic heterocycles. The van der Waals surface area contributed by atoms with E-state index in [-0.39, 0.29) is 37.0 Å². The second-order valence-corrected chi connectivity index (χ2v) is 9.91. The first-order valence-corrected chi connectivity index (χ1v) is 12.9. The van der Waals surface area contributed by atoms with Crippen LogP contribution in [0.2, 0.25) is 0 Å². The first-order chi connectivity index (χ1) is 18.6. The van der Waals surface area contributed by atoms with Crippen LogP contribution in [0.4, 0.5) is 18.9 Å². The van der Waals surface area contributed by atoms with Gasteiger partial charge in [0.05, 0.1) is 12.1 Å². The van der Waals surface area contributed by atoms with Gasteiger partial charge >= 0.3 is 6.18 Å². The van der Waals surface area contributed by atoms with E-state index in [4.69, 9.17) is 0 Å². The van der Waals surface area contributed by atoms with Crippen LogP contribution in [-0.2, 0) is 30.5 Å². The fourth-order valence-corrected chi connectivity index (χ4v) is 4.72. The van der Waals surface area contributed by atoms with E-state index in [1.807, 2.05) is 55.4 Å². The average Bonchev–Trinajstić information content (AvgIpc) is 2.93. The Morgan fingerprint density at radius 3 is 2.36 bits per heavy atom. The molecule has 0 bridgehead atoms. The molecule has 1 aliphatic rings. The first kappa shape index (κ1) is 28.2. The monoisotopic (exact) mass is 538 g/mol. The fourth-order valence-electron chi connectivity index (χ4n) is 4.72. The van der Waals surface area contributed by atoms with Crippen LogP contribution in [0.15, 0.2) is 72.8 Å². The Morgan fingerprint density at radius 1 is 0.923 bits per heavy atom. The Hall–Kier alpha value is -3.85. The van der Waals surface area contributed by atoms with E-state index in [0.717, 1.165) is 22.9 Å². The number of alkyl halides is 3. The van der Waals surface area contributed by atoms with E-state index < -0.39 is 11.7 Å². The van der Waals surface area contributed by atoms with Crippen molar-refractivity contribution in [3.63, 3.8) is 0 Å². The van der Waals surface area contributed by atoms with Crippen molar-refractivity contribution in [2.24, 2.45) is 0 Å². The lowest BCUT2D eigenvalue weighted by atomic mass is 9.97. The number of halogens is 3. The topological polar surface area (TPSA) is 55.9 Å². The summed E-state index contributed by atoms with van der Waals surface area (Å²) in [6.45, 7) is 1.58. The van der Waals surface area contributed by atoms with Crippen molar-refractivity contribution in [1.29, 1.82) is 0 Å².